The normalized spacial score (nSPS) is 10.2. The molecule has 2 aromatic carbocycles. The fourth-order valence-corrected chi connectivity index (χ4v) is 2.51. The molecular weight excluding hydrogens is 309 g/mol. The van der Waals surface area contributed by atoms with Gasteiger partial charge in [0.05, 0.1) is 29.3 Å². The molecule has 0 radical (unpaired) electrons. The topological polar surface area (TPSA) is 38.3 Å². The van der Waals surface area contributed by atoms with Gasteiger partial charge < -0.3 is 10.1 Å². The third kappa shape index (κ3) is 4.13. The summed E-state index contributed by atoms with van der Waals surface area (Å²) in [6, 6.07) is 13.0. The van der Waals surface area contributed by atoms with Gasteiger partial charge in [0, 0.05) is 6.54 Å². The van der Waals surface area contributed by atoms with E-state index in [1.165, 1.54) is 7.11 Å². The Hall–Kier alpha value is -1.71. The van der Waals surface area contributed by atoms with Gasteiger partial charge in [-0.3, -0.25) is 4.79 Å². The van der Waals surface area contributed by atoms with Crippen LogP contribution in [0.15, 0.2) is 42.5 Å². The highest BCUT2D eigenvalue weighted by Crippen LogP contribution is 2.30. The van der Waals surface area contributed by atoms with Gasteiger partial charge in [0.15, 0.2) is 0 Å². The van der Waals surface area contributed by atoms with Crippen molar-refractivity contribution in [2.24, 2.45) is 0 Å². The van der Waals surface area contributed by atoms with Crippen molar-refractivity contribution in [3.05, 3.63) is 63.6 Å². The molecule has 0 atom stereocenters. The SMILES string of the molecule is COC(=O)Cc1ccccc1CNc1c(Cl)cccc1Cl. The molecule has 5 heteroatoms. The Morgan fingerprint density at radius 3 is 2.29 bits per heavy atom. The molecule has 110 valence electrons. The molecule has 0 aliphatic carbocycles. The second kappa shape index (κ2) is 7.34. The highest BCUT2D eigenvalue weighted by atomic mass is 35.5. The van der Waals surface area contributed by atoms with Gasteiger partial charge in [-0.05, 0) is 23.3 Å². The predicted octanol–water partition coefficient (Wildman–Crippen LogP) is 4.32. The second-order valence-electron chi connectivity index (χ2n) is 4.47. The van der Waals surface area contributed by atoms with Crippen LogP contribution in [0.5, 0.6) is 0 Å². The lowest BCUT2D eigenvalue weighted by Crippen LogP contribution is -2.09. The molecule has 0 aromatic heterocycles. The van der Waals surface area contributed by atoms with E-state index in [0.717, 1.165) is 11.1 Å². The third-order valence-corrected chi connectivity index (χ3v) is 3.73. The number of anilines is 1. The second-order valence-corrected chi connectivity index (χ2v) is 5.29. The summed E-state index contributed by atoms with van der Waals surface area (Å²) in [5.41, 5.74) is 2.60. The van der Waals surface area contributed by atoms with Crippen LogP contribution in [0.2, 0.25) is 10.0 Å². The molecule has 1 N–H and O–H groups in total. The number of ether oxygens (including phenoxy) is 1. The number of nitrogens with one attached hydrogen (secondary N) is 1. The standard InChI is InChI=1S/C16H15Cl2NO2/c1-21-15(20)9-11-5-2-3-6-12(11)10-19-16-13(17)7-4-8-14(16)18/h2-8,19H,9-10H2,1H3. The lowest BCUT2D eigenvalue weighted by Gasteiger charge is -2.13. The number of carbonyl (C=O) groups excluding carboxylic acids is 1. The Morgan fingerprint density at radius 2 is 1.67 bits per heavy atom. The van der Waals surface area contributed by atoms with E-state index < -0.39 is 0 Å². The molecule has 0 aliphatic rings. The summed E-state index contributed by atoms with van der Waals surface area (Å²) in [6.45, 7) is 0.524. The Kier molecular flexibility index (Phi) is 5.48. The first-order valence-corrected chi connectivity index (χ1v) is 7.19. The highest BCUT2D eigenvalue weighted by Gasteiger charge is 2.09. The van der Waals surface area contributed by atoms with Crippen LogP contribution in [0, 0.1) is 0 Å². The van der Waals surface area contributed by atoms with Gasteiger partial charge in [-0.2, -0.15) is 0 Å². The molecule has 0 unspecified atom stereocenters. The monoisotopic (exact) mass is 323 g/mol. The molecule has 0 spiro atoms. The van der Waals surface area contributed by atoms with E-state index in [-0.39, 0.29) is 12.4 Å². The first-order chi connectivity index (χ1) is 10.1. The average Bonchev–Trinajstić information content (AvgIpc) is 2.48. The van der Waals surface area contributed by atoms with Gasteiger partial charge in [-0.25, -0.2) is 0 Å². The Labute approximate surface area is 133 Å². The van der Waals surface area contributed by atoms with Gasteiger partial charge in [-0.15, -0.1) is 0 Å². The van der Waals surface area contributed by atoms with Crippen LogP contribution in [0.3, 0.4) is 0 Å². The van der Waals surface area contributed by atoms with E-state index in [1.807, 2.05) is 24.3 Å². The smallest absolute Gasteiger partial charge is 0.309 e. The zero-order valence-corrected chi connectivity index (χ0v) is 13.0. The first-order valence-electron chi connectivity index (χ1n) is 6.43. The summed E-state index contributed by atoms with van der Waals surface area (Å²) in [7, 11) is 1.38. The number of rotatable bonds is 5. The van der Waals surface area contributed by atoms with Crippen LogP contribution < -0.4 is 5.32 Å². The van der Waals surface area contributed by atoms with Crippen LogP contribution in [-0.2, 0) is 22.5 Å². The summed E-state index contributed by atoms with van der Waals surface area (Å²) in [4.78, 5) is 11.4. The molecule has 0 saturated carbocycles. The fourth-order valence-electron chi connectivity index (χ4n) is 1.98. The van der Waals surface area contributed by atoms with E-state index in [4.69, 9.17) is 27.9 Å². The molecule has 0 bridgehead atoms. The minimum atomic E-state index is -0.266. The minimum Gasteiger partial charge on any atom is -0.469 e. The predicted molar refractivity (Wildman–Crippen MR) is 86.0 cm³/mol. The molecule has 2 aromatic rings. The van der Waals surface area contributed by atoms with Crippen LogP contribution in [-0.4, -0.2) is 13.1 Å². The van der Waals surface area contributed by atoms with E-state index in [2.05, 4.69) is 5.32 Å². The molecule has 0 amide bonds. The zero-order chi connectivity index (χ0) is 15.2. The maximum Gasteiger partial charge on any atom is 0.309 e. The Bertz CT molecular complexity index is 624. The third-order valence-electron chi connectivity index (χ3n) is 3.10. The largest absolute Gasteiger partial charge is 0.469 e. The average molecular weight is 324 g/mol. The van der Waals surface area contributed by atoms with Crippen LogP contribution in [0.1, 0.15) is 11.1 Å². The Morgan fingerprint density at radius 1 is 1.05 bits per heavy atom. The summed E-state index contributed by atoms with van der Waals surface area (Å²) in [5, 5.41) is 4.34. The van der Waals surface area contributed by atoms with Crippen molar-refractivity contribution in [1.29, 1.82) is 0 Å². The first kappa shape index (κ1) is 15.7. The number of hydrogen-bond donors (Lipinski definition) is 1. The highest BCUT2D eigenvalue weighted by molar-refractivity contribution is 6.39. The molecule has 0 aliphatic heterocycles. The van der Waals surface area contributed by atoms with Crippen molar-refractivity contribution in [2.75, 3.05) is 12.4 Å². The van der Waals surface area contributed by atoms with Crippen LogP contribution >= 0.6 is 23.2 Å². The summed E-state index contributed by atoms with van der Waals surface area (Å²) < 4.78 is 4.71. The lowest BCUT2D eigenvalue weighted by molar-refractivity contribution is -0.139. The van der Waals surface area contributed by atoms with E-state index in [1.54, 1.807) is 18.2 Å². The summed E-state index contributed by atoms with van der Waals surface area (Å²) in [6.07, 6.45) is 0.241. The molecule has 2 rings (SSSR count). The van der Waals surface area contributed by atoms with E-state index >= 15 is 0 Å². The number of benzene rings is 2. The van der Waals surface area contributed by atoms with Crippen molar-refractivity contribution in [1.82, 2.24) is 0 Å². The van der Waals surface area contributed by atoms with Crippen molar-refractivity contribution >= 4 is 34.9 Å². The number of carbonyl (C=O) groups is 1. The number of hydrogen-bond acceptors (Lipinski definition) is 3. The Balaban J connectivity index is 2.15. The maximum atomic E-state index is 11.4. The van der Waals surface area contributed by atoms with Crippen molar-refractivity contribution in [2.45, 2.75) is 13.0 Å². The molecular formula is C16H15Cl2NO2. The van der Waals surface area contributed by atoms with Crippen molar-refractivity contribution in [3.63, 3.8) is 0 Å². The van der Waals surface area contributed by atoms with Crippen LogP contribution in [0.25, 0.3) is 0 Å². The van der Waals surface area contributed by atoms with Gasteiger partial charge in [-0.1, -0.05) is 53.5 Å². The van der Waals surface area contributed by atoms with Crippen molar-refractivity contribution < 1.29 is 9.53 Å². The lowest BCUT2D eigenvalue weighted by atomic mass is 10.0. The van der Waals surface area contributed by atoms with Gasteiger partial charge in [0.1, 0.15) is 0 Å². The van der Waals surface area contributed by atoms with Gasteiger partial charge in [0.2, 0.25) is 0 Å². The molecule has 0 fully saturated rings. The van der Waals surface area contributed by atoms with E-state index in [9.17, 15) is 4.79 Å². The zero-order valence-electron chi connectivity index (χ0n) is 11.5. The number of methoxy groups -OCH3 is 1. The molecule has 0 heterocycles. The number of esters is 1. The maximum absolute atomic E-state index is 11.4. The number of para-hydroxylation sites is 1. The van der Waals surface area contributed by atoms with Gasteiger partial charge >= 0.3 is 5.97 Å². The molecule has 21 heavy (non-hydrogen) atoms. The van der Waals surface area contributed by atoms with Crippen LogP contribution in [0.4, 0.5) is 5.69 Å². The molecule has 3 nitrogen and oxygen atoms in total. The molecule has 0 saturated heterocycles. The van der Waals surface area contributed by atoms with E-state index in [0.29, 0.717) is 22.3 Å². The number of halogens is 2. The summed E-state index contributed by atoms with van der Waals surface area (Å²) >= 11 is 12.2. The summed E-state index contributed by atoms with van der Waals surface area (Å²) in [5.74, 6) is -0.266. The fraction of sp³-hybridized carbons (Fsp3) is 0.188. The minimum absolute atomic E-state index is 0.241. The van der Waals surface area contributed by atoms with Gasteiger partial charge in [0.25, 0.3) is 0 Å². The van der Waals surface area contributed by atoms with Crippen molar-refractivity contribution in [3.8, 4) is 0 Å². The quantitative estimate of drug-likeness (QED) is 0.833.